The number of carboxylic acid groups (broad SMARTS) is 1. The number of rotatable bonds is 12. The number of carbonyl (C=O) groups excluding carboxylic acids is 3. The monoisotopic (exact) mass is 480 g/mol. The third kappa shape index (κ3) is 8.64. The molecular formula is C23H36N4O7. The number of hydrogen-bond acceptors (Lipinski definition) is 7. The fourth-order valence-electron chi connectivity index (χ4n) is 3.18. The molecule has 5 unspecified atom stereocenters. The molecule has 1 aromatic carbocycles. The van der Waals surface area contributed by atoms with Gasteiger partial charge in [-0.1, -0.05) is 39.8 Å². The lowest BCUT2D eigenvalue weighted by atomic mass is 10.00. The molecule has 0 fully saturated rings. The van der Waals surface area contributed by atoms with Crippen molar-refractivity contribution in [3.63, 3.8) is 0 Å². The van der Waals surface area contributed by atoms with Crippen molar-refractivity contribution in [2.75, 3.05) is 0 Å². The molecule has 0 aliphatic heterocycles. The standard InChI is InChI=1S/C23H36N4O7/c1-11(2)17(25-20(30)16(24)10-14-6-8-15(29)9-7-14)21(31)27-19(13(5)28)22(32)26-18(12(3)4)23(33)34/h6-9,11-13,16-19,28-29H,10,24H2,1-5H3,(H,25,30)(H,26,32)(H,27,31)(H,33,34). The van der Waals surface area contributed by atoms with Crippen LogP contribution in [0.2, 0.25) is 0 Å². The van der Waals surface area contributed by atoms with E-state index in [1.807, 2.05) is 0 Å². The Morgan fingerprint density at radius 3 is 1.68 bits per heavy atom. The lowest BCUT2D eigenvalue weighted by Crippen LogP contribution is -2.61. The summed E-state index contributed by atoms with van der Waals surface area (Å²) in [5.41, 5.74) is 6.70. The lowest BCUT2D eigenvalue weighted by Gasteiger charge is -2.28. The smallest absolute Gasteiger partial charge is 0.326 e. The van der Waals surface area contributed by atoms with Gasteiger partial charge in [0.05, 0.1) is 12.1 Å². The normalized spacial score (nSPS) is 15.7. The summed E-state index contributed by atoms with van der Waals surface area (Å²) in [6.45, 7) is 7.88. The molecule has 0 radical (unpaired) electrons. The molecule has 0 spiro atoms. The predicted molar refractivity (Wildman–Crippen MR) is 125 cm³/mol. The molecule has 5 atom stereocenters. The Morgan fingerprint density at radius 1 is 0.794 bits per heavy atom. The van der Waals surface area contributed by atoms with Crippen LogP contribution >= 0.6 is 0 Å². The van der Waals surface area contributed by atoms with E-state index in [4.69, 9.17) is 5.73 Å². The van der Waals surface area contributed by atoms with Crippen molar-refractivity contribution in [1.82, 2.24) is 16.0 Å². The molecule has 1 rings (SSSR count). The first-order valence-corrected chi connectivity index (χ1v) is 11.1. The highest BCUT2D eigenvalue weighted by Crippen LogP contribution is 2.12. The molecule has 8 N–H and O–H groups in total. The van der Waals surface area contributed by atoms with Gasteiger partial charge in [-0.2, -0.15) is 0 Å². The van der Waals surface area contributed by atoms with Crippen molar-refractivity contribution < 1.29 is 34.5 Å². The molecule has 0 aromatic heterocycles. The van der Waals surface area contributed by atoms with Gasteiger partial charge in [-0.15, -0.1) is 0 Å². The van der Waals surface area contributed by atoms with Crippen LogP contribution in [0.5, 0.6) is 5.75 Å². The van der Waals surface area contributed by atoms with Crippen LogP contribution in [-0.2, 0) is 25.6 Å². The van der Waals surface area contributed by atoms with Crippen LogP contribution in [0.25, 0.3) is 0 Å². The Morgan fingerprint density at radius 2 is 1.24 bits per heavy atom. The van der Waals surface area contributed by atoms with E-state index in [0.29, 0.717) is 0 Å². The molecule has 0 saturated heterocycles. The summed E-state index contributed by atoms with van der Waals surface area (Å²) in [6.07, 6.45) is -1.16. The molecule has 34 heavy (non-hydrogen) atoms. The molecule has 0 aliphatic carbocycles. The first-order valence-electron chi connectivity index (χ1n) is 11.1. The second-order valence-corrected chi connectivity index (χ2v) is 9.00. The fraction of sp³-hybridized carbons (Fsp3) is 0.565. The van der Waals surface area contributed by atoms with Crippen LogP contribution in [0.4, 0.5) is 0 Å². The van der Waals surface area contributed by atoms with Gasteiger partial charge in [-0.05, 0) is 42.9 Å². The second kappa shape index (κ2) is 12.9. The number of phenolic OH excluding ortho intramolecular Hbond substituents is 1. The predicted octanol–water partition coefficient (Wildman–Crippen LogP) is -0.506. The maximum absolute atomic E-state index is 12.9. The molecule has 0 saturated carbocycles. The molecule has 0 aliphatic rings. The number of carboxylic acids is 1. The van der Waals surface area contributed by atoms with Crippen molar-refractivity contribution in [3.8, 4) is 5.75 Å². The lowest BCUT2D eigenvalue weighted by molar-refractivity contribution is -0.144. The summed E-state index contributed by atoms with van der Waals surface area (Å²) in [6, 6.07) is 1.52. The van der Waals surface area contributed by atoms with Gasteiger partial charge in [-0.25, -0.2) is 4.79 Å². The zero-order chi connectivity index (χ0) is 26.2. The van der Waals surface area contributed by atoms with Crippen LogP contribution < -0.4 is 21.7 Å². The number of amides is 3. The van der Waals surface area contributed by atoms with Crippen LogP contribution in [0.3, 0.4) is 0 Å². The summed E-state index contributed by atoms with van der Waals surface area (Å²) in [7, 11) is 0. The Balaban J connectivity index is 2.89. The minimum absolute atomic E-state index is 0.0816. The van der Waals surface area contributed by atoms with E-state index in [2.05, 4.69) is 16.0 Å². The van der Waals surface area contributed by atoms with Crippen molar-refractivity contribution in [2.24, 2.45) is 17.6 Å². The molecule has 11 heteroatoms. The minimum Gasteiger partial charge on any atom is -0.508 e. The van der Waals surface area contributed by atoms with Gasteiger partial charge < -0.3 is 37.0 Å². The molecule has 190 valence electrons. The van der Waals surface area contributed by atoms with Crippen LogP contribution in [0.1, 0.15) is 40.2 Å². The van der Waals surface area contributed by atoms with Gasteiger partial charge in [0.2, 0.25) is 17.7 Å². The Labute approximate surface area is 199 Å². The van der Waals surface area contributed by atoms with E-state index in [1.165, 1.54) is 19.1 Å². The first kappa shape index (κ1) is 28.9. The highest BCUT2D eigenvalue weighted by atomic mass is 16.4. The zero-order valence-electron chi connectivity index (χ0n) is 20.1. The van der Waals surface area contributed by atoms with E-state index in [0.717, 1.165) is 5.56 Å². The van der Waals surface area contributed by atoms with Crippen molar-refractivity contribution in [3.05, 3.63) is 29.8 Å². The van der Waals surface area contributed by atoms with Gasteiger partial charge in [-0.3, -0.25) is 14.4 Å². The van der Waals surface area contributed by atoms with Gasteiger partial charge in [0.25, 0.3) is 0 Å². The SMILES string of the molecule is CC(C)C(NC(=O)C(NC(=O)C(NC(=O)C(N)Cc1ccc(O)cc1)C(C)C)C(C)O)C(=O)O. The first-order chi connectivity index (χ1) is 15.7. The van der Waals surface area contributed by atoms with Crippen LogP contribution in [0.15, 0.2) is 24.3 Å². The number of hydrogen-bond donors (Lipinski definition) is 7. The molecule has 1 aromatic rings. The number of aliphatic carboxylic acids is 1. The molecule has 3 amide bonds. The Kier molecular flexibility index (Phi) is 10.9. The van der Waals surface area contributed by atoms with Gasteiger partial charge >= 0.3 is 5.97 Å². The number of nitrogens with two attached hydrogens (primary N) is 1. The summed E-state index contributed by atoms with van der Waals surface area (Å²) in [4.78, 5) is 49.5. The third-order valence-electron chi connectivity index (χ3n) is 5.27. The summed E-state index contributed by atoms with van der Waals surface area (Å²) >= 11 is 0. The average molecular weight is 481 g/mol. The number of aromatic hydroxyl groups is 1. The largest absolute Gasteiger partial charge is 0.508 e. The summed E-state index contributed by atoms with van der Waals surface area (Å²) < 4.78 is 0. The number of carbonyl (C=O) groups is 4. The number of aliphatic hydroxyl groups is 1. The van der Waals surface area contributed by atoms with Crippen LogP contribution in [-0.4, -0.2) is 69.3 Å². The summed E-state index contributed by atoms with van der Waals surface area (Å²) in [5, 5.41) is 36.0. The quantitative estimate of drug-likeness (QED) is 0.208. The van der Waals surface area contributed by atoms with Gasteiger partial charge in [0.15, 0.2) is 0 Å². The molecule has 11 nitrogen and oxygen atoms in total. The second-order valence-electron chi connectivity index (χ2n) is 9.00. The molecule has 0 heterocycles. The van der Waals surface area contributed by atoms with E-state index >= 15 is 0 Å². The fourth-order valence-corrected chi connectivity index (χ4v) is 3.18. The van der Waals surface area contributed by atoms with Gasteiger partial charge in [0.1, 0.15) is 23.9 Å². The maximum atomic E-state index is 12.9. The highest BCUT2D eigenvalue weighted by Gasteiger charge is 2.34. The van der Waals surface area contributed by atoms with E-state index < -0.39 is 59.9 Å². The topological polar surface area (TPSA) is 191 Å². The van der Waals surface area contributed by atoms with Crippen LogP contribution in [0, 0.1) is 11.8 Å². The maximum Gasteiger partial charge on any atom is 0.326 e. The van der Waals surface area contributed by atoms with E-state index in [1.54, 1.807) is 39.8 Å². The highest BCUT2D eigenvalue weighted by molar-refractivity contribution is 5.94. The Hall–Kier alpha value is -3.18. The van der Waals surface area contributed by atoms with Crippen molar-refractivity contribution >= 4 is 23.7 Å². The third-order valence-corrected chi connectivity index (χ3v) is 5.27. The number of nitrogens with one attached hydrogen (secondary N) is 3. The minimum atomic E-state index is -1.43. The average Bonchev–Trinajstić information content (AvgIpc) is 2.74. The molecular weight excluding hydrogens is 444 g/mol. The van der Waals surface area contributed by atoms with Crippen molar-refractivity contribution in [2.45, 2.75) is 71.3 Å². The number of phenols is 1. The molecule has 0 bridgehead atoms. The van der Waals surface area contributed by atoms with Gasteiger partial charge in [0, 0.05) is 0 Å². The van der Waals surface area contributed by atoms with E-state index in [9.17, 15) is 34.5 Å². The van der Waals surface area contributed by atoms with E-state index in [-0.39, 0.29) is 18.1 Å². The van der Waals surface area contributed by atoms with Crippen molar-refractivity contribution in [1.29, 1.82) is 0 Å². The Bertz CT molecular complexity index is 855. The number of aliphatic hydroxyl groups excluding tert-OH is 1. The zero-order valence-corrected chi connectivity index (χ0v) is 20.1. The number of benzene rings is 1. The summed E-state index contributed by atoms with van der Waals surface area (Å²) in [5.74, 6) is -4.15.